The van der Waals surface area contributed by atoms with Crippen molar-refractivity contribution in [1.29, 1.82) is 0 Å². The molecule has 4 aromatic rings. The maximum Gasteiger partial charge on any atom is 0.272 e. The predicted molar refractivity (Wildman–Crippen MR) is 101 cm³/mol. The van der Waals surface area contributed by atoms with E-state index < -0.39 is 0 Å². The van der Waals surface area contributed by atoms with Gasteiger partial charge in [0.15, 0.2) is 4.96 Å². The van der Waals surface area contributed by atoms with Crippen LogP contribution in [0.5, 0.6) is 0 Å². The molecule has 1 aromatic carbocycles. The zero-order valence-electron chi connectivity index (χ0n) is 14.1. The van der Waals surface area contributed by atoms with Crippen molar-refractivity contribution in [1.82, 2.24) is 19.4 Å². The third kappa shape index (κ3) is 2.89. The fraction of sp³-hybridized carbons (Fsp3) is 0.167. The fourth-order valence-electron chi connectivity index (χ4n) is 2.69. The highest BCUT2D eigenvalue weighted by atomic mass is 35.5. The van der Waals surface area contributed by atoms with Crippen molar-refractivity contribution in [3.05, 3.63) is 64.6 Å². The topological polar surface area (TPSA) is 63.6 Å². The van der Waals surface area contributed by atoms with Gasteiger partial charge in [-0.25, -0.2) is 4.98 Å². The van der Waals surface area contributed by atoms with E-state index in [2.05, 4.69) is 10.1 Å². The van der Waals surface area contributed by atoms with Crippen molar-refractivity contribution >= 4 is 33.8 Å². The Bertz CT molecular complexity index is 1050. The van der Waals surface area contributed by atoms with E-state index >= 15 is 0 Å². The summed E-state index contributed by atoms with van der Waals surface area (Å²) in [5, 5.41) is 6.41. The fourth-order valence-corrected chi connectivity index (χ4v) is 3.66. The molecule has 0 spiro atoms. The highest BCUT2D eigenvalue weighted by Gasteiger charge is 2.24. The van der Waals surface area contributed by atoms with Crippen LogP contribution in [0.3, 0.4) is 0 Å². The molecule has 132 valence electrons. The second-order valence-electron chi connectivity index (χ2n) is 5.92. The smallest absolute Gasteiger partial charge is 0.272 e. The first kappa shape index (κ1) is 16.8. The molecule has 0 bridgehead atoms. The molecule has 1 amide bonds. The summed E-state index contributed by atoms with van der Waals surface area (Å²) in [6, 6.07) is 9.03. The average Bonchev–Trinajstić information content (AvgIpc) is 3.37. The van der Waals surface area contributed by atoms with Crippen LogP contribution in [-0.2, 0) is 0 Å². The molecule has 0 saturated heterocycles. The standard InChI is InChI=1S/C18H15ClN4O2S/c1-11(14-7-8-25-21-14)22(2)17(24)16-10-26-18-20-15(9-23(16)18)12-3-5-13(19)6-4-12/h3-11H,1-2H3/t11-/m1/s1. The SMILES string of the molecule is C[C@H](c1ccon1)N(C)C(=O)c1csc2nc(-c3ccc(Cl)cc3)cn12. The number of carbonyl (C=O) groups is 1. The van der Waals surface area contributed by atoms with Gasteiger partial charge in [-0.2, -0.15) is 0 Å². The summed E-state index contributed by atoms with van der Waals surface area (Å²) in [7, 11) is 1.75. The van der Waals surface area contributed by atoms with Crippen molar-refractivity contribution in [2.75, 3.05) is 7.05 Å². The summed E-state index contributed by atoms with van der Waals surface area (Å²) in [4.78, 5) is 20.0. The van der Waals surface area contributed by atoms with Gasteiger partial charge in [-0.05, 0) is 19.1 Å². The lowest BCUT2D eigenvalue weighted by Gasteiger charge is -2.22. The number of hydrogen-bond acceptors (Lipinski definition) is 5. The molecule has 0 saturated carbocycles. The zero-order valence-corrected chi connectivity index (χ0v) is 15.7. The highest BCUT2D eigenvalue weighted by molar-refractivity contribution is 7.15. The summed E-state index contributed by atoms with van der Waals surface area (Å²) in [5.74, 6) is -0.105. The van der Waals surface area contributed by atoms with Crippen LogP contribution in [0, 0.1) is 0 Å². The number of aromatic nitrogens is 3. The lowest BCUT2D eigenvalue weighted by Crippen LogP contribution is -2.30. The number of halogens is 1. The molecule has 1 atom stereocenters. The van der Waals surface area contributed by atoms with Crippen molar-refractivity contribution in [2.45, 2.75) is 13.0 Å². The summed E-state index contributed by atoms with van der Waals surface area (Å²) in [6.07, 6.45) is 3.37. The van der Waals surface area contributed by atoms with Crippen molar-refractivity contribution in [3.8, 4) is 11.3 Å². The van der Waals surface area contributed by atoms with Crippen LogP contribution < -0.4 is 0 Å². The Morgan fingerprint density at radius 2 is 2.08 bits per heavy atom. The van der Waals surface area contributed by atoms with Gasteiger partial charge < -0.3 is 9.42 Å². The number of hydrogen-bond donors (Lipinski definition) is 0. The summed E-state index contributed by atoms with van der Waals surface area (Å²) < 4.78 is 6.70. The zero-order chi connectivity index (χ0) is 18.3. The first-order valence-electron chi connectivity index (χ1n) is 7.94. The van der Waals surface area contributed by atoms with Gasteiger partial charge in [-0.1, -0.05) is 28.9 Å². The lowest BCUT2D eigenvalue weighted by molar-refractivity contribution is 0.0731. The van der Waals surface area contributed by atoms with Gasteiger partial charge in [0.25, 0.3) is 5.91 Å². The number of rotatable bonds is 4. The van der Waals surface area contributed by atoms with Crippen molar-refractivity contribution in [2.24, 2.45) is 0 Å². The van der Waals surface area contributed by atoms with Crippen LogP contribution in [0.25, 0.3) is 16.2 Å². The third-order valence-electron chi connectivity index (χ3n) is 4.36. The third-order valence-corrected chi connectivity index (χ3v) is 5.45. The summed E-state index contributed by atoms with van der Waals surface area (Å²) in [5.41, 5.74) is 3.03. The molecule has 6 nitrogen and oxygen atoms in total. The number of fused-ring (bicyclic) bond motifs is 1. The Kier molecular flexibility index (Phi) is 4.26. The molecule has 0 N–H and O–H groups in total. The van der Waals surface area contributed by atoms with Crippen LogP contribution in [-0.4, -0.2) is 32.4 Å². The van der Waals surface area contributed by atoms with Crippen molar-refractivity contribution in [3.63, 3.8) is 0 Å². The lowest BCUT2D eigenvalue weighted by atomic mass is 10.2. The Labute approximate surface area is 158 Å². The number of imidazole rings is 1. The normalized spacial score (nSPS) is 12.4. The van der Waals surface area contributed by atoms with Crippen LogP contribution >= 0.6 is 22.9 Å². The minimum atomic E-state index is -0.199. The molecule has 8 heteroatoms. The van der Waals surface area contributed by atoms with Crippen LogP contribution in [0.1, 0.15) is 29.1 Å². The molecule has 4 rings (SSSR count). The van der Waals surface area contributed by atoms with E-state index in [4.69, 9.17) is 16.1 Å². The number of nitrogens with zero attached hydrogens (tertiary/aromatic N) is 4. The van der Waals surface area contributed by atoms with Gasteiger partial charge in [0, 0.05) is 35.3 Å². The van der Waals surface area contributed by atoms with Gasteiger partial charge in [0.2, 0.25) is 0 Å². The number of carbonyl (C=O) groups excluding carboxylic acids is 1. The van der Waals surface area contributed by atoms with Crippen molar-refractivity contribution < 1.29 is 9.32 Å². The summed E-state index contributed by atoms with van der Waals surface area (Å²) in [6.45, 7) is 1.91. The van der Waals surface area contributed by atoms with Gasteiger partial charge in [0.1, 0.15) is 17.7 Å². The van der Waals surface area contributed by atoms with Gasteiger partial charge in [-0.15, -0.1) is 11.3 Å². The van der Waals surface area contributed by atoms with E-state index in [9.17, 15) is 4.79 Å². The van der Waals surface area contributed by atoms with E-state index in [0.29, 0.717) is 16.4 Å². The van der Waals surface area contributed by atoms with Crippen LogP contribution in [0.15, 0.2) is 52.7 Å². The van der Waals surface area contributed by atoms with E-state index in [0.717, 1.165) is 16.2 Å². The van der Waals surface area contributed by atoms with E-state index in [-0.39, 0.29) is 11.9 Å². The predicted octanol–water partition coefficient (Wildman–Crippen LogP) is 4.54. The van der Waals surface area contributed by atoms with Gasteiger partial charge in [0.05, 0.1) is 11.7 Å². The minimum Gasteiger partial charge on any atom is -0.364 e. The number of amides is 1. The number of benzene rings is 1. The molecule has 0 fully saturated rings. The summed E-state index contributed by atoms with van der Waals surface area (Å²) >= 11 is 7.38. The Hall–Kier alpha value is -2.64. The van der Waals surface area contributed by atoms with Crippen LogP contribution in [0.4, 0.5) is 0 Å². The molecule has 0 aliphatic heterocycles. The molecule has 3 aromatic heterocycles. The number of thiazole rings is 1. The van der Waals surface area contributed by atoms with E-state index in [1.807, 2.05) is 47.2 Å². The Morgan fingerprint density at radius 3 is 2.77 bits per heavy atom. The van der Waals surface area contributed by atoms with Gasteiger partial charge >= 0.3 is 0 Å². The Morgan fingerprint density at radius 1 is 1.31 bits per heavy atom. The maximum atomic E-state index is 13.0. The van der Waals surface area contributed by atoms with E-state index in [1.54, 1.807) is 18.0 Å². The van der Waals surface area contributed by atoms with Crippen LogP contribution in [0.2, 0.25) is 5.02 Å². The Balaban J connectivity index is 1.66. The molecule has 0 aliphatic carbocycles. The minimum absolute atomic E-state index is 0.105. The largest absolute Gasteiger partial charge is 0.364 e. The second-order valence-corrected chi connectivity index (χ2v) is 7.20. The maximum absolute atomic E-state index is 13.0. The molecule has 26 heavy (non-hydrogen) atoms. The average molecular weight is 387 g/mol. The van der Waals surface area contributed by atoms with E-state index in [1.165, 1.54) is 17.6 Å². The quantitative estimate of drug-likeness (QED) is 0.516. The molecular formula is C18H15ClN4O2S. The monoisotopic (exact) mass is 386 g/mol. The molecule has 0 aliphatic rings. The molecule has 3 heterocycles. The highest BCUT2D eigenvalue weighted by Crippen LogP contribution is 2.26. The second kappa shape index (κ2) is 6.59. The van der Waals surface area contributed by atoms with Gasteiger partial charge in [-0.3, -0.25) is 9.20 Å². The molecular weight excluding hydrogens is 372 g/mol. The molecule has 0 radical (unpaired) electrons. The molecule has 0 unspecified atom stereocenters. The first-order valence-corrected chi connectivity index (χ1v) is 9.20. The first-order chi connectivity index (χ1) is 12.5.